The average Bonchev–Trinajstić information content (AvgIpc) is 2.34. The molecular weight excluding hydrogens is 256 g/mol. The lowest BCUT2D eigenvalue weighted by Crippen LogP contribution is -2.56. The van der Waals surface area contributed by atoms with Gasteiger partial charge in [-0.05, 0) is 26.9 Å². The molecule has 7 heteroatoms. The topological polar surface area (TPSA) is 46.2 Å². The summed E-state index contributed by atoms with van der Waals surface area (Å²) in [4.78, 5) is 0. The maximum Gasteiger partial charge on any atom is 0.352 e. The fourth-order valence-electron chi connectivity index (χ4n) is 1.29. The van der Waals surface area contributed by atoms with Crippen LogP contribution in [0.3, 0.4) is 0 Å². The van der Waals surface area contributed by atoms with Crippen LogP contribution in [-0.4, -0.2) is 57.0 Å². The number of hydrogen-bond acceptors (Lipinski definition) is 5. The van der Waals surface area contributed by atoms with E-state index < -0.39 is 17.1 Å². The van der Waals surface area contributed by atoms with Gasteiger partial charge in [0.15, 0.2) is 0 Å². The quantitative estimate of drug-likeness (QED) is 0.569. The van der Waals surface area contributed by atoms with E-state index in [1.54, 1.807) is 14.2 Å². The predicted octanol–water partition coefficient (Wildman–Crippen LogP) is 1.59. The highest BCUT2D eigenvalue weighted by atomic mass is 28.5. The third kappa shape index (κ3) is 6.65. The predicted molar refractivity (Wildman–Crippen MR) is 71.3 cm³/mol. The van der Waals surface area contributed by atoms with Crippen LogP contribution in [-0.2, 0) is 22.4 Å². The SMILES string of the molecule is CCOC[Si](C)(OC)O[Si](C)(COCC)OC. The van der Waals surface area contributed by atoms with Crippen LogP contribution in [0.4, 0.5) is 0 Å². The van der Waals surface area contributed by atoms with Gasteiger partial charge >= 0.3 is 17.1 Å². The summed E-state index contributed by atoms with van der Waals surface area (Å²) in [5.74, 6) is 0. The molecule has 0 aliphatic carbocycles. The monoisotopic (exact) mass is 282 g/mol. The van der Waals surface area contributed by atoms with Gasteiger partial charge in [0, 0.05) is 27.4 Å². The van der Waals surface area contributed by atoms with Gasteiger partial charge in [-0.25, -0.2) is 0 Å². The van der Waals surface area contributed by atoms with E-state index in [-0.39, 0.29) is 0 Å². The molecule has 2 unspecified atom stereocenters. The van der Waals surface area contributed by atoms with Crippen LogP contribution in [0.15, 0.2) is 0 Å². The van der Waals surface area contributed by atoms with E-state index in [2.05, 4.69) is 0 Å². The van der Waals surface area contributed by atoms with Crippen molar-refractivity contribution in [3.8, 4) is 0 Å². The van der Waals surface area contributed by atoms with Crippen molar-refractivity contribution in [1.29, 1.82) is 0 Å². The third-order valence-corrected chi connectivity index (χ3v) is 9.07. The molecule has 2 atom stereocenters. The van der Waals surface area contributed by atoms with E-state index in [1.165, 1.54) is 0 Å². The second-order valence-corrected chi connectivity index (χ2v) is 10.8. The van der Waals surface area contributed by atoms with E-state index in [1.807, 2.05) is 26.9 Å². The minimum Gasteiger partial charge on any atom is -0.412 e. The fourth-order valence-corrected chi connectivity index (χ4v) is 7.47. The number of ether oxygens (including phenoxy) is 2. The first kappa shape index (κ1) is 17.2. The summed E-state index contributed by atoms with van der Waals surface area (Å²) >= 11 is 0. The smallest absolute Gasteiger partial charge is 0.352 e. The Morgan fingerprint density at radius 2 is 1.12 bits per heavy atom. The second kappa shape index (κ2) is 8.36. The van der Waals surface area contributed by atoms with Gasteiger partial charge in [-0.1, -0.05) is 0 Å². The van der Waals surface area contributed by atoms with Crippen LogP contribution < -0.4 is 0 Å². The molecule has 0 aromatic carbocycles. The Morgan fingerprint density at radius 3 is 1.35 bits per heavy atom. The Balaban J connectivity index is 4.47. The molecule has 104 valence electrons. The molecule has 0 aliphatic heterocycles. The van der Waals surface area contributed by atoms with Gasteiger partial charge in [0.2, 0.25) is 0 Å². The summed E-state index contributed by atoms with van der Waals surface area (Å²) in [5.41, 5.74) is 0. The molecular formula is C10H26O5Si2. The first-order chi connectivity index (χ1) is 7.95. The van der Waals surface area contributed by atoms with E-state index in [4.69, 9.17) is 22.4 Å². The summed E-state index contributed by atoms with van der Waals surface area (Å²) in [5, 5.41) is 0. The first-order valence-electron chi connectivity index (χ1n) is 5.91. The lowest BCUT2D eigenvalue weighted by molar-refractivity contribution is 0.121. The van der Waals surface area contributed by atoms with Crippen LogP contribution in [0.5, 0.6) is 0 Å². The normalized spacial score (nSPS) is 18.7. The highest BCUT2D eigenvalue weighted by molar-refractivity contribution is 6.79. The van der Waals surface area contributed by atoms with Crippen LogP contribution in [0.1, 0.15) is 13.8 Å². The highest BCUT2D eigenvalue weighted by Crippen LogP contribution is 2.16. The standard InChI is InChI=1S/C10H26O5Si2/c1-7-13-9-16(5,11-3)15-17(6,12-4)10-14-8-2/h7-10H2,1-6H3. The Hall–Kier alpha value is 0.234. The van der Waals surface area contributed by atoms with Crippen LogP contribution in [0.25, 0.3) is 0 Å². The molecule has 0 fully saturated rings. The number of rotatable bonds is 10. The van der Waals surface area contributed by atoms with Crippen molar-refractivity contribution in [2.24, 2.45) is 0 Å². The van der Waals surface area contributed by atoms with Crippen molar-refractivity contribution in [3.05, 3.63) is 0 Å². The van der Waals surface area contributed by atoms with Crippen LogP contribution >= 0.6 is 0 Å². The largest absolute Gasteiger partial charge is 0.412 e. The van der Waals surface area contributed by atoms with Gasteiger partial charge in [-0.3, -0.25) is 0 Å². The van der Waals surface area contributed by atoms with Gasteiger partial charge in [0.1, 0.15) is 0 Å². The molecule has 0 aromatic heterocycles. The molecule has 0 spiro atoms. The maximum absolute atomic E-state index is 6.11. The number of hydrogen-bond donors (Lipinski definition) is 0. The summed E-state index contributed by atoms with van der Waals surface area (Å²) in [6, 6.07) is 0. The molecule has 5 nitrogen and oxygen atoms in total. The van der Waals surface area contributed by atoms with Gasteiger partial charge in [0.25, 0.3) is 0 Å². The highest BCUT2D eigenvalue weighted by Gasteiger charge is 2.42. The lowest BCUT2D eigenvalue weighted by atomic mass is 10.9. The molecule has 0 saturated carbocycles. The Labute approximate surface area is 107 Å². The summed E-state index contributed by atoms with van der Waals surface area (Å²) in [6.45, 7) is 9.20. The Morgan fingerprint density at radius 1 is 0.765 bits per heavy atom. The van der Waals surface area contributed by atoms with E-state index in [9.17, 15) is 0 Å². The minimum absolute atomic E-state index is 0.512. The minimum atomic E-state index is -2.32. The average molecular weight is 282 g/mol. The van der Waals surface area contributed by atoms with Crippen molar-refractivity contribution in [2.45, 2.75) is 26.9 Å². The van der Waals surface area contributed by atoms with Gasteiger partial charge < -0.3 is 22.4 Å². The van der Waals surface area contributed by atoms with Crippen molar-refractivity contribution >= 4 is 17.1 Å². The Kier molecular flexibility index (Phi) is 8.47. The van der Waals surface area contributed by atoms with Gasteiger partial charge in [-0.15, -0.1) is 0 Å². The molecule has 0 radical (unpaired) electrons. The molecule has 0 aromatic rings. The van der Waals surface area contributed by atoms with Crippen molar-refractivity contribution in [2.75, 3.05) is 39.9 Å². The van der Waals surface area contributed by atoms with E-state index in [0.717, 1.165) is 0 Å². The molecule has 17 heavy (non-hydrogen) atoms. The summed E-state index contributed by atoms with van der Waals surface area (Å²) < 4.78 is 28.0. The third-order valence-electron chi connectivity index (χ3n) is 2.43. The molecule has 0 bridgehead atoms. The molecule has 0 aliphatic rings. The summed E-state index contributed by atoms with van der Waals surface area (Å²) in [6.07, 6.45) is 1.02. The molecule has 0 amide bonds. The molecule has 0 saturated heterocycles. The van der Waals surface area contributed by atoms with E-state index >= 15 is 0 Å². The second-order valence-electron chi connectivity index (χ2n) is 4.05. The van der Waals surface area contributed by atoms with Crippen molar-refractivity contribution < 1.29 is 22.4 Å². The van der Waals surface area contributed by atoms with Gasteiger partial charge in [-0.2, -0.15) is 0 Å². The zero-order valence-electron chi connectivity index (χ0n) is 11.9. The molecule has 0 rings (SSSR count). The molecule has 0 N–H and O–H groups in total. The van der Waals surface area contributed by atoms with Gasteiger partial charge in [0.05, 0.1) is 12.5 Å². The van der Waals surface area contributed by atoms with Crippen LogP contribution in [0.2, 0.25) is 13.1 Å². The maximum atomic E-state index is 6.11. The summed E-state index contributed by atoms with van der Waals surface area (Å²) in [7, 11) is -1.31. The van der Waals surface area contributed by atoms with E-state index in [0.29, 0.717) is 25.7 Å². The lowest BCUT2D eigenvalue weighted by Gasteiger charge is -2.34. The van der Waals surface area contributed by atoms with Crippen molar-refractivity contribution in [3.63, 3.8) is 0 Å². The van der Waals surface area contributed by atoms with Crippen molar-refractivity contribution in [1.82, 2.24) is 0 Å². The Bertz CT molecular complexity index is 187. The fraction of sp³-hybridized carbons (Fsp3) is 1.00. The molecule has 0 heterocycles. The first-order valence-corrected chi connectivity index (χ1v) is 11.0. The zero-order chi connectivity index (χ0) is 13.4. The van der Waals surface area contributed by atoms with Crippen LogP contribution in [0, 0.1) is 0 Å². The zero-order valence-corrected chi connectivity index (χ0v) is 13.9.